The van der Waals surface area contributed by atoms with Crippen molar-refractivity contribution in [1.29, 1.82) is 0 Å². The molecular formula is C31H33N5O. The van der Waals surface area contributed by atoms with Crippen LogP contribution in [0.4, 0.5) is 5.69 Å². The first-order chi connectivity index (χ1) is 18.0. The predicted molar refractivity (Wildman–Crippen MR) is 149 cm³/mol. The van der Waals surface area contributed by atoms with E-state index in [-0.39, 0.29) is 6.10 Å². The van der Waals surface area contributed by atoms with Gasteiger partial charge in [-0.2, -0.15) is 0 Å². The van der Waals surface area contributed by atoms with E-state index in [1.54, 1.807) is 0 Å². The summed E-state index contributed by atoms with van der Waals surface area (Å²) in [6.45, 7) is 8.18. The Morgan fingerprint density at radius 3 is 2.54 bits per heavy atom. The molecule has 0 spiro atoms. The zero-order chi connectivity index (χ0) is 25.4. The van der Waals surface area contributed by atoms with Gasteiger partial charge in [-0.1, -0.05) is 30.3 Å². The van der Waals surface area contributed by atoms with Crippen molar-refractivity contribution in [3.63, 3.8) is 0 Å². The highest BCUT2D eigenvalue weighted by atomic mass is 16.5. The molecule has 0 unspecified atom stereocenters. The van der Waals surface area contributed by atoms with Crippen molar-refractivity contribution < 1.29 is 4.74 Å². The molecule has 1 aliphatic heterocycles. The van der Waals surface area contributed by atoms with Gasteiger partial charge in [0.1, 0.15) is 5.82 Å². The fourth-order valence-electron chi connectivity index (χ4n) is 5.53. The van der Waals surface area contributed by atoms with E-state index in [2.05, 4.69) is 64.3 Å². The monoisotopic (exact) mass is 491 g/mol. The highest BCUT2D eigenvalue weighted by Gasteiger charge is 2.27. The van der Waals surface area contributed by atoms with Crippen LogP contribution in [-0.4, -0.2) is 39.1 Å². The normalized spacial score (nSPS) is 15.7. The Balaban J connectivity index is 1.18. The third-order valence-corrected chi connectivity index (χ3v) is 7.36. The van der Waals surface area contributed by atoms with E-state index < -0.39 is 0 Å². The van der Waals surface area contributed by atoms with Gasteiger partial charge in [-0.25, -0.2) is 9.97 Å². The van der Waals surface area contributed by atoms with Crippen LogP contribution in [0.5, 0.6) is 5.88 Å². The van der Waals surface area contributed by atoms with Gasteiger partial charge in [0.2, 0.25) is 5.88 Å². The average molecular weight is 492 g/mol. The van der Waals surface area contributed by atoms with E-state index in [9.17, 15) is 0 Å². The predicted octanol–water partition coefficient (Wildman–Crippen LogP) is 6.44. The summed E-state index contributed by atoms with van der Waals surface area (Å²) in [5.74, 6) is 2.24. The Kier molecular flexibility index (Phi) is 6.25. The van der Waals surface area contributed by atoms with E-state index >= 15 is 0 Å². The van der Waals surface area contributed by atoms with Gasteiger partial charge in [0.15, 0.2) is 0 Å². The number of rotatable bonds is 6. The first kappa shape index (κ1) is 23.5. The lowest BCUT2D eigenvalue weighted by molar-refractivity contribution is 0.232. The topological polar surface area (TPSA) is 66.9 Å². The van der Waals surface area contributed by atoms with Crippen molar-refractivity contribution in [2.24, 2.45) is 0 Å². The van der Waals surface area contributed by atoms with E-state index in [0.29, 0.717) is 11.8 Å². The van der Waals surface area contributed by atoms with Crippen molar-refractivity contribution in [2.45, 2.75) is 52.1 Å². The molecule has 1 aromatic carbocycles. The number of pyridine rings is 2. The van der Waals surface area contributed by atoms with Crippen LogP contribution in [0.25, 0.3) is 22.9 Å². The van der Waals surface area contributed by atoms with E-state index in [1.165, 1.54) is 22.4 Å². The van der Waals surface area contributed by atoms with Gasteiger partial charge in [0, 0.05) is 66.4 Å². The zero-order valence-electron chi connectivity index (χ0n) is 21.7. The minimum absolute atomic E-state index is 0.101. The fourth-order valence-corrected chi connectivity index (χ4v) is 5.53. The van der Waals surface area contributed by atoms with Crippen LogP contribution in [0, 0.1) is 6.92 Å². The van der Waals surface area contributed by atoms with Crippen LogP contribution in [-0.2, 0) is 6.42 Å². The number of H-pyrrole nitrogens is 1. The molecule has 4 heterocycles. The minimum Gasteiger partial charge on any atom is -0.475 e. The second-order valence-electron chi connectivity index (χ2n) is 10.3. The number of hydrogen-bond donors (Lipinski definition) is 1. The number of piperidine rings is 1. The summed E-state index contributed by atoms with van der Waals surface area (Å²) >= 11 is 0. The first-order valence-electron chi connectivity index (χ1n) is 13.2. The number of benzene rings is 1. The molecule has 0 bridgehead atoms. The van der Waals surface area contributed by atoms with E-state index in [4.69, 9.17) is 14.7 Å². The fraction of sp³-hybridized carbons (Fsp3) is 0.323. The molecule has 6 heteroatoms. The quantitative estimate of drug-likeness (QED) is 0.336. The maximum Gasteiger partial charge on any atom is 0.214 e. The largest absolute Gasteiger partial charge is 0.475 e. The number of ether oxygens (including phenoxy) is 1. The Morgan fingerprint density at radius 2 is 1.76 bits per heavy atom. The molecule has 1 saturated heterocycles. The first-order valence-corrected chi connectivity index (χ1v) is 13.2. The number of aryl methyl sites for hydroxylation is 1. The standard InChI is InChI=1S/C31H33N5O/c1-20(2)37-29-19-24(9-13-33-29)25-17-26-27(18-25)32-14-10-28(26)36-15-11-23(12-16-36)31-34-21(3)30(35-31)22-7-5-4-6-8-22/h4-10,13-14,17,19-20,23H,11-12,15-16,18H2,1-3H3,(H,34,35). The number of hydrogen-bond acceptors (Lipinski definition) is 5. The number of nitrogens with zero attached hydrogens (tertiary/aromatic N) is 4. The summed E-state index contributed by atoms with van der Waals surface area (Å²) in [4.78, 5) is 20.2. The summed E-state index contributed by atoms with van der Waals surface area (Å²) < 4.78 is 5.82. The molecule has 0 amide bonds. The minimum atomic E-state index is 0.101. The lowest BCUT2D eigenvalue weighted by Crippen LogP contribution is -2.33. The number of nitrogens with one attached hydrogen (secondary N) is 1. The van der Waals surface area contributed by atoms with Crippen LogP contribution in [0.15, 0.2) is 60.9 Å². The second-order valence-corrected chi connectivity index (χ2v) is 10.3. The SMILES string of the molecule is Cc1[nH]c(C2CCN(c3ccnc4c3C=C(c3ccnc(OC(C)C)c3)C4)CC2)nc1-c1ccccc1. The molecule has 6 rings (SSSR count). The van der Waals surface area contributed by atoms with Gasteiger partial charge in [0.25, 0.3) is 0 Å². The van der Waals surface area contributed by atoms with Gasteiger partial charge in [-0.05, 0) is 63.0 Å². The molecule has 1 N–H and O–H groups in total. The average Bonchev–Trinajstić information content (AvgIpc) is 3.53. The number of anilines is 1. The molecule has 2 aliphatic rings. The van der Waals surface area contributed by atoms with Crippen LogP contribution in [0.1, 0.15) is 60.9 Å². The summed E-state index contributed by atoms with van der Waals surface area (Å²) in [5.41, 5.74) is 9.48. The second kappa shape index (κ2) is 9.85. The molecule has 0 atom stereocenters. The number of allylic oxidation sites excluding steroid dienone is 1. The third-order valence-electron chi connectivity index (χ3n) is 7.36. The molecule has 0 saturated carbocycles. The Bertz CT molecular complexity index is 1430. The highest BCUT2D eigenvalue weighted by Crippen LogP contribution is 2.39. The summed E-state index contributed by atoms with van der Waals surface area (Å²) in [7, 11) is 0. The van der Waals surface area contributed by atoms with Crippen LogP contribution >= 0.6 is 0 Å². The summed E-state index contributed by atoms with van der Waals surface area (Å²) in [6.07, 6.45) is 9.18. The number of aromatic nitrogens is 4. The lowest BCUT2D eigenvalue weighted by atomic mass is 9.95. The number of aromatic amines is 1. The van der Waals surface area contributed by atoms with Crippen molar-refractivity contribution in [1.82, 2.24) is 19.9 Å². The Labute approximate surface area is 218 Å². The molecule has 3 aromatic heterocycles. The smallest absolute Gasteiger partial charge is 0.214 e. The lowest BCUT2D eigenvalue weighted by Gasteiger charge is -2.33. The number of imidazole rings is 1. The number of fused-ring (bicyclic) bond motifs is 1. The van der Waals surface area contributed by atoms with E-state index in [0.717, 1.165) is 60.8 Å². The molecule has 6 nitrogen and oxygen atoms in total. The highest BCUT2D eigenvalue weighted by molar-refractivity contribution is 5.92. The van der Waals surface area contributed by atoms with E-state index in [1.807, 2.05) is 38.4 Å². The third kappa shape index (κ3) is 4.76. The van der Waals surface area contributed by atoms with Gasteiger partial charge < -0.3 is 14.6 Å². The van der Waals surface area contributed by atoms with Gasteiger partial charge in [0.05, 0.1) is 17.5 Å². The van der Waals surface area contributed by atoms with Crippen molar-refractivity contribution >= 4 is 17.3 Å². The van der Waals surface area contributed by atoms with Gasteiger partial charge in [-0.15, -0.1) is 0 Å². The molecule has 1 aliphatic carbocycles. The van der Waals surface area contributed by atoms with Crippen molar-refractivity contribution in [3.05, 3.63) is 89.3 Å². The Hall–Kier alpha value is -3.93. The molecule has 188 valence electrons. The maximum atomic E-state index is 5.82. The molecule has 0 radical (unpaired) electrons. The van der Waals surface area contributed by atoms with Gasteiger partial charge >= 0.3 is 0 Å². The van der Waals surface area contributed by atoms with Crippen molar-refractivity contribution in [2.75, 3.05) is 18.0 Å². The maximum absolute atomic E-state index is 5.82. The Morgan fingerprint density at radius 1 is 0.973 bits per heavy atom. The summed E-state index contributed by atoms with van der Waals surface area (Å²) in [5, 5.41) is 0. The molecular weight excluding hydrogens is 458 g/mol. The van der Waals surface area contributed by atoms with Crippen LogP contribution in [0.2, 0.25) is 0 Å². The zero-order valence-corrected chi connectivity index (χ0v) is 21.7. The van der Waals surface area contributed by atoms with Crippen LogP contribution < -0.4 is 9.64 Å². The summed E-state index contributed by atoms with van der Waals surface area (Å²) in [6, 6.07) is 16.7. The van der Waals surface area contributed by atoms with Gasteiger partial charge in [-0.3, -0.25) is 4.98 Å². The molecule has 37 heavy (non-hydrogen) atoms. The van der Waals surface area contributed by atoms with Crippen LogP contribution in [0.3, 0.4) is 0 Å². The molecule has 1 fully saturated rings. The molecule has 4 aromatic rings. The van der Waals surface area contributed by atoms with Crippen molar-refractivity contribution in [3.8, 4) is 17.1 Å².